The first-order valence-corrected chi connectivity index (χ1v) is 12.4. The summed E-state index contributed by atoms with van der Waals surface area (Å²) in [5.41, 5.74) is 1.40. The summed E-state index contributed by atoms with van der Waals surface area (Å²) in [6.07, 6.45) is 2.47. The minimum atomic E-state index is -1.67. The van der Waals surface area contributed by atoms with Gasteiger partial charge >= 0.3 is 0 Å². The van der Waals surface area contributed by atoms with Gasteiger partial charge in [0.25, 0.3) is 0 Å². The van der Waals surface area contributed by atoms with E-state index < -0.39 is 16.4 Å². The fourth-order valence-electron chi connectivity index (χ4n) is 7.96. The molecule has 2 aromatic rings. The number of rotatable bonds is 3. The molecule has 2 fully saturated rings. The molecule has 0 radical (unpaired) electrons. The predicted molar refractivity (Wildman–Crippen MR) is 124 cm³/mol. The molecule has 178 valence electrons. The Bertz CT molecular complexity index is 1300. The van der Waals surface area contributed by atoms with E-state index in [1.165, 1.54) is 12.7 Å². The fraction of sp³-hybridized carbons (Fsp3) is 0.571. The van der Waals surface area contributed by atoms with Crippen LogP contribution in [0, 0.1) is 30.6 Å². The van der Waals surface area contributed by atoms with Crippen LogP contribution in [-0.2, 0) is 16.0 Å². The molecule has 0 bridgehead atoms. The van der Waals surface area contributed by atoms with Crippen LogP contribution in [0.25, 0.3) is 0 Å². The van der Waals surface area contributed by atoms with Crippen LogP contribution in [0.5, 0.6) is 0 Å². The molecule has 1 aromatic carbocycles. The first kappa shape index (κ1) is 21.9. The SMILES string of the molecule is CCC1c2onc(C)c2C(=O)C2(OC)C(=O)C34CC3(Cc3c(C(C)C)ccc(C)c3C4=O)CC12. The van der Waals surface area contributed by atoms with E-state index in [1.54, 1.807) is 6.92 Å². The third-order valence-electron chi connectivity index (χ3n) is 9.59. The second-order valence-electron chi connectivity index (χ2n) is 11.3. The van der Waals surface area contributed by atoms with Gasteiger partial charge in [-0.15, -0.1) is 0 Å². The number of hydrogen-bond acceptors (Lipinski definition) is 6. The first-order valence-electron chi connectivity index (χ1n) is 12.4. The molecule has 0 amide bonds. The van der Waals surface area contributed by atoms with E-state index in [2.05, 4.69) is 25.1 Å². The van der Waals surface area contributed by atoms with Gasteiger partial charge in [-0.3, -0.25) is 14.4 Å². The van der Waals surface area contributed by atoms with E-state index in [-0.39, 0.29) is 35.1 Å². The molecule has 6 nitrogen and oxygen atoms in total. The molecule has 0 N–H and O–H groups in total. The van der Waals surface area contributed by atoms with Gasteiger partial charge in [-0.2, -0.15) is 0 Å². The molecule has 0 spiro atoms. The van der Waals surface area contributed by atoms with Crippen molar-refractivity contribution in [3.05, 3.63) is 51.4 Å². The summed E-state index contributed by atoms with van der Waals surface area (Å²) >= 11 is 0. The lowest BCUT2D eigenvalue weighted by atomic mass is 9.52. The van der Waals surface area contributed by atoms with E-state index in [1.807, 2.05) is 19.9 Å². The Morgan fingerprint density at radius 1 is 1.15 bits per heavy atom. The maximum Gasteiger partial charge on any atom is 0.208 e. The van der Waals surface area contributed by atoms with Crippen LogP contribution >= 0.6 is 0 Å². The second-order valence-corrected chi connectivity index (χ2v) is 11.3. The molecule has 5 unspecified atom stereocenters. The summed E-state index contributed by atoms with van der Waals surface area (Å²) in [6, 6.07) is 4.12. The standard InChI is InChI=1S/C28H31NO5/c1-7-16-19-11-26-10-18-17(13(2)3)9-8-14(4)20(18)23(30)27(26,12-26)25(32)28(19,33-6)24(31)21-15(5)29-34-22(16)21/h8-9,13,16,19H,7,10-12H2,1-6H3. The van der Waals surface area contributed by atoms with E-state index in [0.717, 1.165) is 11.1 Å². The van der Waals surface area contributed by atoms with Crippen LogP contribution in [0.3, 0.4) is 0 Å². The van der Waals surface area contributed by atoms with Gasteiger partial charge in [0, 0.05) is 24.5 Å². The normalized spacial score (nSPS) is 35.4. The van der Waals surface area contributed by atoms with Crippen molar-refractivity contribution in [1.29, 1.82) is 0 Å². The van der Waals surface area contributed by atoms with Crippen molar-refractivity contribution in [3.8, 4) is 0 Å². The van der Waals surface area contributed by atoms with Crippen molar-refractivity contribution in [1.82, 2.24) is 5.16 Å². The van der Waals surface area contributed by atoms with Crippen molar-refractivity contribution in [2.24, 2.45) is 16.7 Å². The number of ether oxygens (including phenoxy) is 1. The van der Waals surface area contributed by atoms with Crippen LogP contribution in [0.1, 0.15) is 101 Å². The van der Waals surface area contributed by atoms with Gasteiger partial charge in [0.1, 0.15) is 5.41 Å². The zero-order chi connectivity index (χ0) is 24.4. The number of ketones is 3. The highest BCUT2D eigenvalue weighted by Gasteiger charge is 2.85. The van der Waals surface area contributed by atoms with Crippen LogP contribution in [0.2, 0.25) is 0 Å². The second kappa shape index (κ2) is 6.54. The number of carbonyl (C=O) groups excluding carboxylic acids is 3. The summed E-state index contributed by atoms with van der Waals surface area (Å²) in [7, 11) is 1.44. The minimum Gasteiger partial charge on any atom is -0.362 e. The Morgan fingerprint density at radius 2 is 1.88 bits per heavy atom. The average Bonchev–Trinajstić information content (AvgIpc) is 3.34. The largest absolute Gasteiger partial charge is 0.362 e. The van der Waals surface area contributed by atoms with Gasteiger partial charge in [0.2, 0.25) is 5.78 Å². The number of methoxy groups -OCH3 is 1. The first-order chi connectivity index (χ1) is 16.1. The number of benzene rings is 1. The van der Waals surface area contributed by atoms with Gasteiger partial charge in [-0.05, 0) is 67.6 Å². The molecule has 4 aliphatic carbocycles. The van der Waals surface area contributed by atoms with Crippen LogP contribution in [0.4, 0.5) is 0 Å². The number of aromatic nitrogens is 1. The molecule has 1 aromatic heterocycles. The van der Waals surface area contributed by atoms with Crippen LogP contribution in [-0.4, -0.2) is 35.2 Å². The van der Waals surface area contributed by atoms with Crippen molar-refractivity contribution >= 4 is 17.3 Å². The van der Waals surface area contributed by atoms with Crippen molar-refractivity contribution < 1.29 is 23.6 Å². The molecule has 0 saturated heterocycles. The van der Waals surface area contributed by atoms with Gasteiger partial charge in [-0.1, -0.05) is 38.1 Å². The van der Waals surface area contributed by atoms with Gasteiger partial charge in [0.05, 0.1) is 11.3 Å². The van der Waals surface area contributed by atoms with Gasteiger partial charge in [-0.25, -0.2) is 0 Å². The van der Waals surface area contributed by atoms with Gasteiger partial charge in [0.15, 0.2) is 22.9 Å². The van der Waals surface area contributed by atoms with Crippen molar-refractivity contribution in [3.63, 3.8) is 0 Å². The lowest BCUT2D eigenvalue weighted by Crippen LogP contribution is -2.66. The molecule has 0 aliphatic heterocycles. The summed E-state index contributed by atoms with van der Waals surface area (Å²) < 4.78 is 11.6. The number of nitrogens with zero attached hydrogens (tertiary/aromatic N) is 1. The molecular weight excluding hydrogens is 430 g/mol. The monoisotopic (exact) mass is 461 g/mol. The molecule has 1 heterocycles. The molecule has 2 saturated carbocycles. The molecule has 4 aliphatic rings. The highest BCUT2D eigenvalue weighted by Crippen LogP contribution is 2.78. The quantitative estimate of drug-likeness (QED) is 0.605. The van der Waals surface area contributed by atoms with Crippen LogP contribution in [0.15, 0.2) is 16.7 Å². The smallest absolute Gasteiger partial charge is 0.208 e. The van der Waals surface area contributed by atoms with E-state index in [9.17, 15) is 14.4 Å². The predicted octanol–water partition coefficient (Wildman–Crippen LogP) is 4.89. The third-order valence-corrected chi connectivity index (χ3v) is 9.59. The Kier molecular flexibility index (Phi) is 4.21. The lowest BCUT2D eigenvalue weighted by molar-refractivity contribution is -0.156. The molecular formula is C28H31NO5. The fourth-order valence-corrected chi connectivity index (χ4v) is 7.96. The maximum atomic E-state index is 14.6. The Balaban J connectivity index is 1.59. The molecule has 5 atom stereocenters. The Hall–Kier alpha value is -2.60. The van der Waals surface area contributed by atoms with E-state index >= 15 is 0 Å². The number of aryl methyl sites for hydroxylation is 2. The Labute approximate surface area is 199 Å². The third kappa shape index (κ3) is 2.13. The number of Topliss-reactive ketones (excluding diaryl/α,β-unsaturated/α-hetero) is 3. The van der Waals surface area contributed by atoms with E-state index in [0.29, 0.717) is 48.3 Å². The average molecular weight is 462 g/mol. The topological polar surface area (TPSA) is 86.5 Å². The summed E-state index contributed by atoms with van der Waals surface area (Å²) in [5.74, 6) is -0.517. The van der Waals surface area contributed by atoms with E-state index in [4.69, 9.17) is 9.26 Å². The van der Waals surface area contributed by atoms with Gasteiger partial charge < -0.3 is 9.26 Å². The summed E-state index contributed by atoms with van der Waals surface area (Å²) in [6.45, 7) is 10.00. The maximum absolute atomic E-state index is 14.6. The minimum absolute atomic E-state index is 0.109. The van der Waals surface area contributed by atoms with Crippen molar-refractivity contribution in [2.45, 2.75) is 77.7 Å². The van der Waals surface area contributed by atoms with Crippen LogP contribution < -0.4 is 0 Å². The molecule has 34 heavy (non-hydrogen) atoms. The highest BCUT2D eigenvalue weighted by atomic mass is 16.5. The zero-order valence-corrected chi connectivity index (χ0v) is 20.7. The zero-order valence-electron chi connectivity index (χ0n) is 20.7. The molecule has 6 heteroatoms. The summed E-state index contributed by atoms with van der Waals surface area (Å²) in [4.78, 5) is 42.8. The Morgan fingerprint density at radius 3 is 2.53 bits per heavy atom. The van der Waals surface area contributed by atoms with Crippen molar-refractivity contribution in [2.75, 3.05) is 7.11 Å². The number of fused-ring (bicyclic) bond motifs is 3. The number of carbonyl (C=O) groups is 3. The number of hydrogen-bond donors (Lipinski definition) is 0. The lowest BCUT2D eigenvalue weighted by Gasteiger charge is -2.51. The summed E-state index contributed by atoms with van der Waals surface area (Å²) in [5, 5.41) is 4.07. The highest BCUT2D eigenvalue weighted by molar-refractivity contribution is 6.31. The molecule has 6 rings (SSSR count).